The minimum absolute atomic E-state index is 0.0271. The SMILES string of the molecule is CCn1c(-c2cnccc2COC)c2c3cc(ccc31)-c1cc(O)cc(c1)C[C@H](NC(=O)[C@H](C(C)C)N(C)C(=O)c1ncc[nH]1)C(=O)N1CCC[C@@H](COCOCC(C)(C)C2)N1. The normalized spacial score (nSPS) is 19.1. The third-order valence-electron chi connectivity index (χ3n) is 11.8. The van der Waals surface area contributed by atoms with Crippen molar-refractivity contribution in [2.45, 2.75) is 91.6 Å². The second-order valence-electron chi connectivity index (χ2n) is 17.6. The number of benzene rings is 2. The van der Waals surface area contributed by atoms with Crippen LogP contribution in [0.15, 0.2) is 67.3 Å². The van der Waals surface area contributed by atoms with Gasteiger partial charge in [0.05, 0.1) is 25.5 Å². The number of rotatable bonds is 9. The number of carbonyl (C=O) groups excluding carboxylic acids is 3. The number of phenolic OH excluding ortho intramolecular Hbond substituents is 1. The Labute approximate surface area is 363 Å². The zero-order chi connectivity index (χ0) is 44.1. The Bertz CT molecular complexity index is 2380. The van der Waals surface area contributed by atoms with Crippen LogP contribution in [0.4, 0.5) is 0 Å². The molecular formula is C47H60N8O7. The van der Waals surface area contributed by atoms with Crippen molar-refractivity contribution in [1.29, 1.82) is 0 Å². The number of pyridine rings is 1. The summed E-state index contributed by atoms with van der Waals surface area (Å²) in [5.74, 6) is -1.44. The molecule has 4 N–H and O–H groups in total. The monoisotopic (exact) mass is 848 g/mol. The molecule has 2 aliphatic heterocycles. The molecule has 0 unspecified atom stereocenters. The summed E-state index contributed by atoms with van der Waals surface area (Å²) in [5.41, 5.74) is 10.6. The minimum atomic E-state index is -1.05. The number of hydrazine groups is 1. The predicted molar refractivity (Wildman–Crippen MR) is 236 cm³/mol. The van der Waals surface area contributed by atoms with Crippen LogP contribution < -0.4 is 10.7 Å². The van der Waals surface area contributed by atoms with Crippen LogP contribution in [0, 0.1) is 11.3 Å². The minimum Gasteiger partial charge on any atom is -0.508 e. The zero-order valence-electron chi connectivity index (χ0n) is 36.9. The maximum absolute atomic E-state index is 14.6. The van der Waals surface area contributed by atoms with Crippen molar-refractivity contribution in [3.8, 4) is 28.1 Å². The summed E-state index contributed by atoms with van der Waals surface area (Å²) in [7, 11) is 3.25. The van der Waals surface area contributed by atoms with Crippen molar-refractivity contribution < 1.29 is 33.7 Å². The lowest BCUT2D eigenvalue weighted by Crippen LogP contribution is -2.61. The first kappa shape index (κ1) is 44.4. The van der Waals surface area contributed by atoms with Gasteiger partial charge in [-0.3, -0.25) is 24.4 Å². The number of methoxy groups -OCH3 is 1. The Morgan fingerprint density at radius 2 is 1.94 bits per heavy atom. The number of hydrogen-bond donors (Lipinski definition) is 4. The van der Waals surface area contributed by atoms with Crippen molar-refractivity contribution >= 4 is 28.6 Å². The molecule has 1 fully saturated rings. The molecule has 62 heavy (non-hydrogen) atoms. The lowest BCUT2D eigenvalue weighted by molar-refractivity contribution is -0.143. The van der Waals surface area contributed by atoms with Crippen molar-refractivity contribution in [2.75, 3.05) is 40.7 Å². The molecule has 5 heterocycles. The van der Waals surface area contributed by atoms with Crippen LogP contribution in [0.2, 0.25) is 0 Å². The summed E-state index contributed by atoms with van der Waals surface area (Å²) < 4.78 is 20.2. The molecule has 0 aliphatic carbocycles. The van der Waals surface area contributed by atoms with Gasteiger partial charge in [-0.05, 0) is 95.7 Å². The number of likely N-dealkylation sites (N-methyl/N-ethyl adjacent to an activating group) is 1. The lowest BCUT2D eigenvalue weighted by Gasteiger charge is -2.37. The molecule has 0 radical (unpaired) electrons. The second kappa shape index (κ2) is 19.2. The molecule has 2 aliphatic rings. The smallest absolute Gasteiger partial charge is 0.290 e. The van der Waals surface area contributed by atoms with Crippen LogP contribution >= 0.6 is 0 Å². The fraction of sp³-hybridized carbons (Fsp3) is 0.468. The average Bonchev–Trinajstić information content (AvgIpc) is 3.89. The quantitative estimate of drug-likeness (QED) is 0.141. The number of aromatic amines is 1. The Balaban J connectivity index is 1.32. The standard InChI is InChI=1S/C47H60N8O7/c1-8-54-40-12-11-31-22-36(40)37(42(54)38-24-48-14-13-32(38)25-60-7)23-47(4,5)27-62-28-61-26-34-10-9-17-55(52-34)45(58)39(20-30-18-33(31)21-35(56)19-30)51-44(57)41(29(2)3)53(6)46(59)43-49-15-16-50-43/h11-16,18-19,21-22,24,29,34,39,41,52,56H,8-10,17,20,23,25-28H2,1-7H3,(H,49,50)(H,51,57)/t34-,39-,41-/m0/s1. The van der Waals surface area contributed by atoms with Gasteiger partial charge in [-0.1, -0.05) is 39.8 Å². The zero-order valence-corrected chi connectivity index (χ0v) is 36.9. The Kier molecular flexibility index (Phi) is 13.8. The van der Waals surface area contributed by atoms with Gasteiger partial charge in [-0.15, -0.1) is 0 Å². The second-order valence-corrected chi connectivity index (χ2v) is 17.6. The number of H-pyrrole nitrogens is 1. The van der Waals surface area contributed by atoms with Gasteiger partial charge in [-0.2, -0.15) is 0 Å². The highest BCUT2D eigenvalue weighted by Crippen LogP contribution is 2.41. The summed E-state index contributed by atoms with van der Waals surface area (Å²) in [6, 6.07) is 11.5. The van der Waals surface area contributed by atoms with E-state index >= 15 is 0 Å². The van der Waals surface area contributed by atoms with E-state index in [9.17, 15) is 19.5 Å². The Morgan fingerprint density at radius 3 is 2.68 bits per heavy atom. The van der Waals surface area contributed by atoms with Crippen LogP contribution in [0.25, 0.3) is 33.3 Å². The number of nitrogens with one attached hydrogen (secondary N) is 3. The van der Waals surface area contributed by atoms with Gasteiger partial charge in [0.2, 0.25) is 5.91 Å². The molecule has 330 valence electrons. The van der Waals surface area contributed by atoms with E-state index in [2.05, 4.69) is 69.2 Å². The molecular weight excluding hydrogens is 789 g/mol. The van der Waals surface area contributed by atoms with E-state index in [1.54, 1.807) is 43.7 Å². The van der Waals surface area contributed by atoms with Crippen molar-refractivity contribution in [2.24, 2.45) is 11.3 Å². The molecule has 0 spiro atoms. The molecule has 3 aromatic heterocycles. The van der Waals surface area contributed by atoms with E-state index in [0.717, 1.165) is 57.3 Å². The largest absolute Gasteiger partial charge is 0.508 e. The first-order valence-electron chi connectivity index (χ1n) is 21.5. The number of ether oxygens (including phenoxy) is 3. The highest BCUT2D eigenvalue weighted by Gasteiger charge is 2.36. The topological polar surface area (TPSA) is 176 Å². The van der Waals surface area contributed by atoms with Crippen molar-refractivity contribution in [3.63, 3.8) is 0 Å². The van der Waals surface area contributed by atoms with Gasteiger partial charge < -0.3 is 39.1 Å². The number of nitrogens with zero attached hydrogens (tertiary/aromatic N) is 5. The van der Waals surface area contributed by atoms with E-state index in [0.29, 0.717) is 44.9 Å². The van der Waals surface area contributed by atoms with Gasteiger partial charge in [0, 0.05) is 81.0 Å². The Morgan fingerprint density at radius 1 is 1.11 bits per heavy atom. The average molecular weight is 849 g/mol. The number of hydrogen-bond acceptors (Lipinski definition) is 10. The summed E-state index contributed by atoms with van der Waals surface area (Å²) in [6.45, 7) is 12.6. The van der Waals surface area contributed by atoms with Gasteiger partial charge in [-0.25, -0.2) is 10.4 Å². The fourth-order valence-corrected chi connectivity index (χ4v) is 9.01. The van der Waals surface area contributed by atoms with Crippen molar-refractivity contribution in [1.82, 2.24) is 40.2 Å². The number of imidazole rings is 1. The molecule has 7 rings (SSSR count). The van der Waals surface area contributed by atoms with Gasteiger partial charge in [0.25, 0.3) is 11.8 Å². The van der Waals surface area contributed by atoms with E-state index in [4.69, 9.17) is 14.2 Å². The van der Waals surface area contributed by atoms with Crippen LogP contribution in [0.5, 0.6) is 5.75 Å². The predicted octanol–water partition coefficient (Wildman–Crippen LogP) is 5.86. The highest BCUT2D eigenvalue weighted by atomic mass is 16.7. The molecule has 15 nitrogen and oxygen atoms in total. The summed E-state index contributed by atoms with van der Waals surface area (Å²) in [5, 5.41) is 16.9. The summed E-state index contributed by atoms with van der Waals surface area (Å²) >= 11 is 0. The number of aromatic nitrogens is 4. The first-order chi connectivity index (χ1) is 29.8. The van der Waals surface area contributed by atoms with Crippen molar-refractivity contribution in [3.05, 3.63) is 89.8 Å². The van der Waals surface area contributed by atoms with Gasteiger partial charge in [0.1, 0.15) is 24.6 Å². The lowest BCUT2D eigenvalue weighted by atomic mass is 9.84. The molecule has 15 heteroatoms. The molecule has 6 bridgehead atoms. The number of phenols is 1. The molecule has 2 aromatic carbocycles. The van der Waals surface area contributed by atoms with E-state index in [-0.39, 0.29) is 48.1 Å². The van der Waals surface area contributed by atoms with E-state index < -0.39 is 23.9 Å². The number of aromatic hydroxyl groups is 1. The summed E-state index contributed by atoms with van der Waals surface area (Å²) in [6.07, 6.45) is 8.99. The third kappa shape index (κ3) is 9.71. The van der Waals surface area contributed by atoms with Crippen LogP contribution in [0.3, 0.4) is 0 Å². The summed E-state index contributed by atoms with van der Waals surface area (Å²) in [4.78, 5) is 55.1. The first-order valence-corrected chi connectivity index (χ1v) is 21.5. The van der Waals surface area contributed by atoms with Gasteiger partial charge >= 0.3 is 0 Å². The third-order valence-corrected chi connectivity index (χ3v) is 11.8. The van der Waals surface area contributed by atoms with Crippen LogP contribution in [-0.2, 0) is 49.8 Å². The number of aryl methyl sites for hydroxylation is 1. The van der Waals surface area contributed by atoms with E-state index in [1.807, 2.05) is 32.2 Å². The van der Waals surface area contributed by atoms with Crippen LogP contribution in [0.1, 0.15) is 74.8 Å². The maximum atomic E-state index is 14.6. The number of fused-ring (bicyclic) bond motifs is 6. The van der Waals surface area contributed by atoms with Crippen LogP contribution in [-0.4, -0.2) is 111 Å². The molecule has 1 saturated heterocycles. The fourth-order valence-electron chi connectivity index (χ4n) is 9.01. The molecule has 5 aromatic rings. The Hall–Kier alpha value is -5.61. The highest BCUT2D eigenvalue weighted by molar-refractivity contribution is 5.97. The number of amides is 3. The maximum Gasteiger partial charge on any atom is 0.290 e. The van der Waals surface area contributed by atoms with Gasteiger partial charge in [0.15, 0.2) is 5.82 Å². The number of carbonyl (C=O) groups is 3. The molecule has 3 amide bonds. The van der Waals surface area contributed by atoms with E-state index in [1.165, 1.54) is 11.1 Å². The molecule has 3 atom stereocenters. The molecule has 0 saturated carbocycles.